The summed E-state index contributed by atoms with van der Waals surface area (Å²) < 4.78 is 1.76. The second-order valence-electron chi connectivity index (χ2n) is 8.23. The standard InChI is InChI=1S/C27H22ClN5O2/c1-19-7-13-23(14-8-19)31-17-26(35)33(18-25(31)34)29-15-21-16-32(24-5-3-2-4-6-24)30-27(21)20-9-11-22(28)12-10-20/h2-16H,17-18H2,1H3. The van der Waals surface area contributed by atoms with Gasteiger partial charge in [-0.25, -0.2) is 9.69 Å². The molecule has 0 saturated carbocycles. The van der Waals surface area contributed by atoms with Crippen molar-refractivity contribution in [2.45, 2.75) is 6.92 Å². The van der Waals surface area contributed by atoms with Crippen LogP contribution >= 0.6 is 11.6 Å². The van der Waals surface area contributed by atoms with Crippen molar-refractivity contribution < 1.29 is 9.59 Å². The molecule has 0 aliphatic carbocycles. The monoisotopic (exact) mass is 483 g/mol. The van der Waals surface area contributed by atoms with Crippen LogP contribution in [-0.2, 0) is 9.59 Å². The van der Waals surface area contributed by atoms with Crippen LogP contribution in [0.1, 0.15) is 11.1 Å². The molecule has 4 aromatic rings. The summed E-state index contributed by atoms with van der Waals surface area (Å²) >= 11 is 6.06. The Labute approximate surface area is 207 Å². The van der Waals surface area contributed by atoms with Gasteiger partial charge in [-0.3, -0.25) is 9.59 Å². The summed E-state index contributed by atoms with van der Waals surface area (Å²) in [5, 5.41) is 10.9. The molecule has 1 saturated heterocycles. The van der Waals surface area contributed by atoms with E-state index in [9.17, 15) is 9.59 Å². The van der Waals surface area contributed by atoms with E-state index in [-0.39, 0.29) is 24.9 Å². The number of benzene rings is 3. The zero-order chi connectivity index (χ0) is 24.4. The molecule has 5 rings (SSSR count). The molecule has 3 aromatic carbocycles. The molecule has 0 bridgehead atoms. The van der Waals surface area contributed by atoms with Gasteiger partial charge in [0, 0.05) is 28.0 Å². The number of hydrazone groups is 1. The first kappa shape index (κ1) is 22.6. The molecule has 1 aliphatic rings. The van der Waals surface area contributed by atoms with Crippen molar-refractivity contribution in [2.75, 3.05) is 18.0 Å². The van der Waals surface area contributed by atoms with Crippen molar-refractivity contribution in [3.63, 3.8) is 0 Å². The molecule has 174 valence electrons. The number of halogens is 1. The van der Waals surface area contributed by atoms with Crippen LogP contribution in [0, 0.1) is 6.92 Å². The summed E-state index contributed by atoms with van der Waals surface area (Å²) in [5.41, 5.74) is 4.93. The molecule has 1 aliphatic heterocycles. The highest BCUT2D eigenvalue weighted by Gasteiger charge is 2.30. The predicted octanol–water partition coefficient (Wildman–Crippen LogP) is 4.71. The number of anilines is 1. The lowest BCUT2D eigenvalue weighted by Crippen LogP contribution is -2.52. The number of rotatable bonds is 5. The molecule has 0 radical (unpaired) electrons. The molecule has 7 nitrogen and oxygen atoms in total. The van der Waals surface area contributed by atoms with Gasteiger partial charge in [0.2, 0.25) is 5.91 Å². The van der Waals surface area contributed by atoms with E-state index in [2.05, 4.69) is 5.10 Å². The molecule has 1 fully saturated rings. The molecule has 0 spiro atoms. The van der Waals surface area contributed by atoms with E-state index >= 15 is 0 Å². The minimum atomic E-state index is -0.259. The number of hydrogen-bond donors (Lipinski definition) is 0. The fourth-order valence-corrected chi connectivity index (χ4v) is 3.96. The second kappa shape index (κ2) is 9.56. The summed E-state index contributed by atoms with van der Waals surface area (Å²) in [6.07, 6.45) is 3.42. The van der Waals surface area contributed by atoms with Crippen LogP contribution in [0.2, 0.25) is 5.02 Å². The number of piperazine rings is 1. The molecule has 2 heterocycles. The minimum Gasteiger partial charge on any atom is -0.301 e. The lowest BCUT2D eigenvalue weighted by Gasteiger charge is -2.31. The number of para-hydroxylation sites is 1. The quantitative estimate of drug-likeness (QED) is 0.386. The van der Waals surface area contributed by atoms with Gasteiger partial charge in [0.05, 0.1) is 11.9 Å². The third kappa shape index (κ3) is 4.85. The van der Waals surface area contributed by atoms with E-state index in [0.717, 1.165) is 16.8 Å². The first-order valence-corrected chi connectivity index (χ1v) is 11.5. The van der Waals surface area contributed by atoms with Gasteiger partial charge in [-0.1, -0.05) is 59.6 Å². The van der Waals surface area contributed by atoms with Crippen LogP contribution in [0.3, 0.4) is 0 Å². The second-order valence-corrected chi connectivity index (χ2v) is 8.67. The topological polar surface area (TPSA) is 70.8 Å². The Morgan fingerprint density at radius 2 is 1.57 bits per heavy atom. The SMILES string of the molecule is Cc1ccc(N2CC(=O)N(N=Cc3cn(-c4ccccc4)nc3-c3ccc(Cl)cc3)CC2=O)cc1. The molecule has 0 unspecified atom stereocenters. The van der Waals surface area contributed by atoms with E-state index in [1.165, 1.54) is 9.91 Å². The number of amides is 2. The van der Waals surface area contributed by atoms with Crippen molar-refractivity contribution in [1.82, 2.24) is 14.8 Å². The maximum Gasteiger partial charge on any atom is 0.263 e. The Bertz CT molecular complexity index is 1400. The van der Waals surface area contributed by atoms with E-state index in [0.29, 0.717) is 22.0 Å². The Morgan fingerprint density at radius 3 is 2.29 bits per heavy atom. The molecule has 0 atom stereocenters. The van der Waals surface area contributed by atoms with Gasteiger partial charge < -0.3 is 4.90 Å². The lowest BCUT2D eigenvalue weighted by atomic mass is 10.1. The smallest absolute Gasteiger partial charge is 0.263 e. The van der Waals surface area contributed by atoms with Gasteiger partial charge in [-0.05, 0) is 43.3 Å². The van der Waals surface area contributed by atoms with Gasteiger partial charge in [-0.15, -0.1) is 0 Å². The van der Waals surface area contributed by atoms with Crippen molar-refractivity contribution in [1.29, 1.82) is 0 Å². The first-order chi connectivity index (χ1) is 17.0. The average molecular weight is 484 g/mol. The third-order valence-electron chi connectivity index (χ3n) is 5.73. The zero-order valence-corrected chi connectivity index (χ0v) is 19.8. The van der Waals surface area contributed by atoms with Crippen molar-refractivity contribution >= 4 is 35.3 Å². The summed E-state index contributed by atoms with van der Waals surface area (Å²) in [6, 6.07) is 24.6. The lowest BCUT2D eigenvalue weighted by molar-refractivity contribution is -0.138. The Hall–Kier alpha value is -4.23. The molecule has 0 N–H and O–H groups in total. The van der Waals surface area contributed by atoms with Crippen molar-refractivity contribution in [3.05, 3.63) is 101 Å². The summed E-state index contributed by atoms with van der Waals surface area (Å²) in [7, 11) is 0. The number of hydrogen-bond acceptors (Lipinski definition) is 4. The van der Waals surface area contributed by atoms with E-state index in [1.807, 2.05) is 79.9 Å². The summed E-state index contributed by atoms with van der Waals surface area (Å²) in [6.45, 7) is 1.78. The maximum absolute atomic E-state index is 12.8. The van der Waals surface area contributed by atoms with Crippen molar-refractivity contribution in [2.24, 2.45) is 5.10 Å². The average Bonchev–Trinajstić information content (AvgIpc) is 3.30. The minimum absolute atomic E-state index is 0.0629. The Kier molecular flexibility index (Phi) is 6.16. The fourth-order valence-electron chi connectivity index (χ4n) is 3.83. The molecular formula is C27H22ClN5O2. The largest absolute Gasteiger partial charge is 0.301 e. The molecular weight excluding hydrogens is 462 g/mol. The van der Waals surface area contributed by atoms with Gasteiger partial charge in [-0.2, -0.15) is 10.2 Å². The molecule has 8 heteroatoms. The van der Waals surface area contributed by atoms with Gasteiger partial charge >= 0.3 is 0 Å². The van der Waals surface area contributed by atoms with E-state index in [1.54, 1.807) is 23.0 Å². The highest BCUT2D eigenvalue weighted by Crippen LogP contribution is 2.25. The zero-order valence-electron chi connectivity index (χ0n) is 19.0. The number of carbonyl (C=O) groups excluding carboxylic acids is 2. The normalized spacial score (nSPS) is 14.2. The molecule has 35 heavy (non-hydrogen) atoms. The van der Waals surface area contributed by atoms with Crippen LogP contribution in [0.5, 0.6) is 0 Å². The van der Waals surface area contributed by atoms with E-state index in [4.69, 9.17) is 16.7 Å². The predicted molar refractivity (Wildman–Crippen MR) is 137 cm³/mol. The fraction of sp³-hybridized carbons (Fsp3) is 0.111. The number of carbonyl (C=O) groups is 2. The van der Waals surface area contributed by atoms with Gasteiger partial charge in [0.25, 0.3) is 5.91 Å². The van der Waals surface area contributed by atoms with Crippen LogP contribution in [0.4, 0.5) is 5.69 Å². The summed E-state index contributed by atoms with van der Waals surface area (Å²) in [5.74, 6) is -0.451. The first-order valence-electron chi connectivity index (χ1n) is 11.1. The summed E-state index contributed by atoms with van der Waals surface area (Å²) in [4.78, 5) is 27.1. The number of aryl methyl sites for hydroxylation is 1. The van der Waals surface area contributed by atoms with E-state index < -0.39 is 0 Å². The van der Waals surface area contributed by atoms with Crippen LogP contribution in [-0.4, -0.2) is 45.9 Å². The molecule has 1 aromatic heterocycles. The Balaban J connectivity index is 1.42. The highest BCUT2D eigenvalue weighted by molar-refractivity contribution is 6.30. The van der Waals surface area contributed by atoms with Crippen molar-refractivity contribution in [3.8, 4) is 16.9 Å². The number of nitrogens with zero attached hydrogens (tertiary/aromatic N) is 5. The Morgan fingerprint density at radius 1 is 0.857 bits per heavy atom. The highest BCUT2D eigenvalue weighted by atomic mass is 35.5. The van der Waals surface area contributed by atoms with Crippen LogP contribution in [0.25, 0.3) is 16.9 Å². The molecule has 2 amide bonds. The number of aromatic nitrogens is 2. The maximum atomic E-state index is 12.8. The van der Waals surface area contributed by atoms with Crippen LogP contribution < -0.4 is 4.90 Å². The van der Waals surface area contributed by atoms with Crippen LogP contribution in [0.15, 0.2) is 90.2 Å². The van der Waals surface area contributed by atoms with Gasteiger partial charge in [0.1, 0.15) is 18.8 Å². The van der Waals surface area contributed by atoms with Gasteiger partial charge in [0.15, 0.2) is 0 Å². The third-order valence-corrected chi connectivity index (χ3v) is 5.98.